The molecule has 2 N–H and O–H groups in total. The average Bonchev–Trinajstić information content (AvgIpc) is 2.86. The Balaban J connectivity index is 1.84. The smallest absolute Gasteiger partial charge is 0.321 e. The molecule has 1 aliphatic heterocycles. The van der Waals surface area contributed by atoms with Gasteiger partial charge in [-0.25, -0.2) is 4.79 Å². The van der Waals surface area contributed by atoms with E-state index in [-0.39, 0.29) is 5.91 Å². The van der Waals surface area contributed by atoms with Crippen molar-refractivity contribution in [1.29, 1.82) is 0 Å². The summed E-state index contributed by atoms with van der Waals surface area (Å²) in [5.41, 5.74) is 0.824. The molecule has 3 rings (SSSR count). The summed E-state index contributed by atoms with van der Waals surface area (Å²) in [6.07, 6.45) is 4.28. The monoisotopic (exact) mass is 373 g/mol. The van der Waals surface area contributed by atoms with Crippen LogP contribution in [-0.4, -0.2) is 33.2 Å². The van der Waals surface area contributed by atoms with Gasteiger partial charge in [-0.3, -0.25) is 10.1 Å². The molecule has 2 aromatic rings. The van der Waals surface area contributed by atoms with Gasteiger partial charge in [-0.2, -0.15) is 0 Å². The van der Waals surface area contributed by atoms with E-state index in [1.54, 1.807) is 6.92 Å². The van der Waals surface area contributed by atoms with Crippen molar-refractivity contribution < 1.29 is 9.59 Å². The van der Waals surface area contributed by atoms with Gasteiger partial charge in [0.15, 0.2) is 5.16 Å². The van der Waals surface area contributed by atoms with Crippen molar-refractivity contribution in [2.75, 3.05) is 6.54 Å². The molecule has 0 radical (unpaired) electrons. The maximum Gasteiger partial charge on any atom is 0.321 e. The number of urea groups is 1. The maximum absolute atomic E-state index is 12.7. The average molecular weight is 373 g/mol. The van der Waals surface area contributed by atoms with Crippen LogP contribution < -0.4 is 10.6 Å². The molecule has 0 saturated heterocycles. The van der Waals surface area contributed by atoms with Crippen molar-refractivity contribution in [3.05, 3.63) is 41.7 Å². The van der Waals surface area contributed by atoms with E-state index >= 15 is 0 Å². The van der Waals surface area contributed by atoms with Crippen LogP contribution in [-0.2, 0) is 17.8 Å². The molecule has 7 nitrogen and oxygen atoms in total. The van der Waals surface area contributed by atoms with Crippen LogP contribution in [0, 0.1) is 0 Å². The Morgan fingerprint density at radius 2 is 2.00 bits per heavy atom. The van der Waals surface area contributed by atoms with Gasteiger partial charge in [0, 0.05) is 19.5 Å². The molecular formula is C18H23N5O2S. The lowest BCUT2D eigenvalue weighted by molar-refractivity contribution is -0.119. The van der Waals surface area contributed by atoms with Crippen molar-refractivity contribution in [2.45, 2.75) is 49.6 Å². The Hall–Kier alpha value is -2.35. The standard InChI is InChI=1S/C18H23N5O2S/c1-2-19-17(25)20-16(24)15(13-9-5-3-6-10-13)26-18-22-21-14-11-7-4-8-12-23(14)18/h3,5-6,9-10,15H,2,4,7-8,11-12H2,1H3,(H2,19,20,24,25). The quantitative estimate of drug-likeness (QED) is 0.787. The Labute approximate surface area is 157 Å². The molecule has 0 spiro atoms. The molecule has 1 aliphatic rings. The predicted molar refractivity (Wildman–Crippen MR) is 99.8 cm³/mol. The lowest BCUT2D eigenvalue weighted by Gasteiger charge is -2.16. The van der Waals surface area contributed by atoms with Gasteiger partial charge in [0.1, 0.15) is 11.1 Å². The Kier molecular flexibility index (Phi) is 6.27. The molecule has 0 saturated carbocycles. The molecule has 1 unspecified atom stereocenters. The van der Waals surface area contributed by atoms with Gasteiger partial charge < -0.3 is 9.88 Å². The molecule has 8 heteroatoms. The number of thioether (sulfide) groups is 1. The van der Waals surface area contributed by atoms with Crippen LogP contribution in [0.4, 0.5) is 4.79 Å². The highest BCUT2D eigenvalue weighted by Gasteiger charge is 2.27. The first-order valence-corrected chi connectivity index (χ1v) is 9.79. The lowest BCUT2D eigenvalue weighted by atomic mass is 10.1. The van der Waals surface area contributed by atoms with E-state index in [9.17, 15) is 9.59 Å². The van der Waals surface area contributed by atoms with Crippen LogP contribution >= 0.6 is 11.8 Å². The van der Waals surface area contributed by atoms with Gasteiger partial charge in [-0.1, -0.05) is 48.5 Å². The van der Waals surface area contributed by atoms with Crippen LogP contribution in [0.3, 0.4) is 0 Å². The van der Waals surface area contributed by atoms with Gasteiger partial charge in [-0.05, 0) is 25.3 Å². The summed E-state index contributed by atoms with van der Waals surface area (Å²) in [6.45, 7) is 3.13. The summed E-state index contributed by atoms with van der Waals surface area (Å²) < 4.78 is 2.10. The number of carbonyl (C=O) groups excluding carboxylic acids is 2. The number of aryl methyl sites for hydroxylation is 1. The normalized spacial score (nSPS) is 14.8. The highest BCUT2D eigenvalue weighted by molar-refractivity contribution is 8.00. The zero-order valence-electron chi connectivity index (χ0n) is 14.8. The minimum atomic E-state index is -0.574. The summed E-state index contributed by atoms with van der Waals surface area (Å²) in [5.74, 6) is 0.610. The van der Waals surface area contributed by atoms with E-state index in [2.05, 4.69) is 25.4 Å². The number of carbonyl (C=O) groups is 2. The topological polar surface area (TPSA) is 88.9 Å². The van der Waals surface area contributed by atoms with Crippen molar-refractivity contribution in [3.63, 3.8) is 0 Å². The molecule has 0 fully saturated rings. The van der Waals surface area contributed by atoms with Crippen LogP contribution in [0.1, 0.15) is 42.8 Å². The molecule has 3 amide bonds. The van der Waals surface area contributed by atoms with Gasteiger partial charge >= 0.3 is 6.03 Å². The summed E-state index contributed by atoms with van der Waals surface area (Å²) in [4.78, 5) is 24.5. The van der Waals surface area contributed by atoms with Crippen molar-refractivity contribution >= 4 is 23.7 Å². The fourth-order valence-corrected chi connectivity index (χ4v) is 4.02. The summed E-state index contributed by atoms with van der Waals surface area (Å²) in [6, 6.07) is 8.94. The van der Waals surface area contributed by atoms with E-state index in [1.165, 1.54) is 18.2 Å². The number of hydrogen-bond donors (Lipinski definition) is 2. The number of amides is 3. The molecule has 0 aliphatic carbocycles. The van der Waals surface area contributed by atoms with Crippen LogP contribution in [0.2, 0.25) is 0 Å². The first-order chi connectivity index (χ1) is 12.7. The number of nitrogens with one attached hydrogen (secondary N) is 2. The molecule has 1 atom stereocenters. The number of nitrogens with zero attached hydrogens (tertiary/aromatic N) is 3. The minimum Gasteiger partial charge on any atom is -0.338 e. The highest BCUT2D eigenvalue weighted by Crippen LogP contribution is 2.35. The van der Waals surface area contributed by atoms with Gasteiger partial charge in [0.25, 0.3) is 0 Å². The Morgan fingerprint density at radius 1 is 1.19 bits per heavy atom. The fraction of sp³-hybridized carbons (Fsp3) is 0.444. The lowest BCUT2D eigenvalue weighted by Crippen LogP contribution is -2.41. The zero-order valence-corrected chi connectivity index (χ0v) is 15.6. The molecule has 138 valence electrons. The SMILES string of the molecule is CCNC(=O)NC(=O)C(Sc1nnc2n1CCCCC2)c1ccccc1. The summed E-state index contributed by atoms with van der Waals surface area (Å²) >= 11 is 1.34. The molecule has 1 aromatic heterocycles. The van der Waals surface area contributed by atoms with Gasteiger partial charge in [0.05, 0.1) is 0 Å². The number of hydrogen-bond acceptors (Lipinski definition) is 5. The van der Waals surface area contributed by atoms with Crippen molar-refractivity contribution in [2.24, 2.45) is 0 Å². The number of rotatable bonds is 5. The van der Waals surface area contributed by atoms with Gasteiger partial charge in [-0.15, -0.1) is 10.2 Å². The maximum atomic E-state index is 12.7. The number of benzene rings is 1. The fourth-order valence-electron chi connectivity index (χ4n) is 2.93. The largest absolute Gasteiger partial charge is 0.338 e. The van der Waals surface area contributed by atoms with Crippen molar-refractivity contribution in [1.82, 2.24) is 25.4 Å². The molecule has 1 aromatic carbocycles. The van der Waals surface area contributed by atoms with Gasteiger partial charge in [0.2, 0.25) is 5.91 Å². The van der Waals surface area contributed by atoms with Crippen LogP contribution in [0.15, 0.2) is 35.5 Å². The molecule has 26 heavy (non-hydrogen) atoms. The zero-order chi connectivity index (χ0) is 18.4. The second kappa shape index (κ2) is 8.84. The number of imide groups is 1. The van der Waals surface area contributed by atoms with E-state index in [0.717, 1.165) is 42.4 Å². The molecule has 0 bridgehead atoms. The first-order valence-electron chi connectivity index (χ1n) is 8.91. The third-order valence-electron chi connectivity index (χ3n) is 4.21. The van der Waals surface area contributed by atoms with E-state index in [1.807, 2.05) is 30.3 Å². The Morgan fingerprint density at radius 3 is 2.77 bits per heavy atom. The first kappa shape index (κ1) is 18.4. The molecular weight excluding hydrogens is 350 g/mol. The number of aromatic nitrogens is 3. The number of fused-ring (bicyclic) bond motifs is 1. The molecule has 2 heterocycles. The van der Waals surface area contributed by atoms with E-state index in [0.29, 0.717) is 6.54 Å². The van der Waals surface area contributed by atoms with E-state index in [4.69, 9.17) is 0 Å². The minimum absolute atomic E-state index is 0.363. The summed E-state index contributed by atoms with van der Waals surface area (Å²) in [7, 11) is 0. The second-order valence-corrected chi connectivity index (χ2v) is 7.19. The van der Waals surface area contributed by atoms with Crippen molar-refractivity contribution in [3.8, 4) is 0 Å². The third kappa shape index (κ3) is 4.43. The second-order valence-electron chi connectivity index (χ2n) is 6.12. The highest BCUT2D eigenvalue weighted by atomic mass is 32.2. The van der Waals surface area contributed by atoms with Crippen LogP contribution in [0.5, 0.6) is 0 Å². The van der Waals surface area contributed by atoms with E-state index < -0.39 is 11.3 Å². The van der Waals surface area contributed by atoms with Crippen LogP contribution in [0.25, 0.3) is 0 Å². The Bertz CT molecular complexity index is 762. The summed E-state index contributed by atoms with van der Waals surface area (Å²) in [5, 5.41) is 13.7. The predicted octanol–water partition coefficient (Wildman–Crippen LogP) is 2.68. The third-order valence-corrected chi connectivity index (χ3v) is 5.45.